The summed E-state index contributed by atoms with van der Waals surface area (Å²) in [5.74, 6) is 3.90. The summed E-state index contributed by atoms with van der Waals surface area (Å²) in [5, 5.41) is 16.0. The molecule has 0 rings (SSSR count). The predicted octanol–water partition coefficient (Wildman–Crippen LogP) is 1.07. The number of nitrogens with zero attached hydrogens (tertiary/aromatic N) is 1. The van der Waals surface area contributed by atoms with E-state index in [4.69, 9.17) is 5.21 Å². The molecule has 0 aliphatic rings. The zero-order valence-corrected chi connectivity index (χ0v) is 9.90. The number of aliphatic hydroxyl groups excluding tert-OH is 1. The van der Waals surface area contributed by atoms with Gasteiger partial charge in [0.1, 0.15) is 0 Å². The third-order valence-corrected chi connectivity index (χ3v) is 2.52. The Morgan fingerprint density at radius 1 is 1.14 bits per heavy atom. The Kier molecular flexibility index (Phi) is 12.7. The summed E-state index contributed by atoms with van der Waals surface area (Å²) in [5.41, 5.74) is 0. The predicted molar refractivity (Wildman–Crippen MR) is 59.2 cm³/mol. The van der Waals surface area contributed by atoms with E-state index < -0.39 is 0 Å². The molecule has 0 saturated heterocycles. The summed E-state index contributed by atoms with van der Waals surface area (Å²) in [7, 11) is 0. The van der Waals surface area contributed by atoms with Gasteiger partial charge in [0, 0.05) is 6.54 Å². The molecule has 2 unspecified atom stereocenters. The van der Waals surface area contributed by atoms with Gasteiger partial charge in [0.05, 0.1) is 6.10 Å². The van der Waals surface area contributed by atoms with Gasteiger partial charge in [0.2, 0.25) is 0 Å². The van der Waals surface area contributed by atoms with Crippen LogP contribution in [0.4, 0.5) is 0 Å². The van der Waals surface area contributed by atoms with Crippen LogP contribution in [0.15, 0.2) is 0 Å². The van der Waals surface area contributed by atoms with Crippen molar-refractivity contribution in [2.75, 3.05) is 19.6 Å². The maximum Gasteiger partial charge on any atom is 0.0575 e. The highest BCUT2D eigenvalue weighted by Crippen LogP contribution is 2.08. The molecule has 0 fully saturated rings. The molecular formula is C10H26N2O2. The third kappa shape index (κ3) is 7.26. The summed E-state index contributed by atoms with van der Waals surface area (Å²) in [6.45, 7) is 11.6. The van der Waals surface area contributed by atoms with Gasteiger partial charge in [-0.25, -0.2) is 5.90 Å². The summed E-state index contributed by atoms with van der Waals surface area (Å²) in [6.07, 6.45) is 0.730. The molecule has 0 bridgehead atoms. The zero-order chi connectivity index (χ0) is 11.6. The van der Waals surface area contributed by atoms with Gasteiger partial charge in [0.25, 0.3) is 0 Å². The van der Waals surface area contributed by atoms with Gasteiger partial charge in [-0.15, -0.1) is 0 Å². The Bertz CT molecular complexity index is 108. The first-order valence-electron chi connectivity index (χ1n) is 5.31. The monoisotopic (exact) mass is 206 g/mol. The van der Waals surface area contributed by atoms with Gasteiger partial charge in [-0.05, 0) is 25.4 Å². The van der Waals surface area contributed by atoms with Crippen molar-refractivity contribution >= 4 is 0 Å². The minimum Gasteiger partial charge on any atom is -0.393 e. The van der Waals surface area contributed by atoms with Crippen LogP contribution in [-0.4, -0.2) is 41.0 Å². The molecule has 4 nitrogen and oxygen atoms in total. The van der Waals surface area contributed by atoms with Crippen molar-refractivity contribution in [3.63, 3.8) is 0 Å². The van der Waals surface area contributed by atoms with Crippen LogP contribution in [0.25, 0.3) is 0 Å². The Balaban J connectivity index is 0. The molecule has 0 spiro atoms. The Hall–Kier alpha value is -0.160. The molecule has 0 saturated carbocycles. The van der Waals surface area contributed by atoms with Crippen LogP contribution < -0.4 is 5.90 Å². The minimum absolute atomic E-state index is 0.134. The fraction of sp³-hybridized carbons (Fsp3) is 1.00. The maximum absolute atomic E-state index is 9.54. The Morgan fingerprint density at radius 3 is 1.86 bits per heavy atom. The molecule has 88 valence electrons. The highest BCUT2D eigenvalue weighted by atomic mass is 16.4. The fourth-order valence-electron chi connectivity index (χ4n) is 1.41. The molecule has 0 aromatic heterocycles. The SMILES string of the molecule is CCC(O)C(C)CN(CC)CC.NO. The first-order chi connectivity index (χ1) is 6.65. The first kappa shape index (κ1) is 16.3. The van der Waals surface area contributed by atoms with Crippen molar-refractivity contribution in [1.29, 1.82) is 0 Å². The van der Waals surface area contributed by atoms with Gasteiger partial charge in [0.15, 0.2) is 0 Å². The number of rotatable bonds is 6. The van der Waals surface area contributed by atoms with E-state index in [0.29, 0.717) is 5.92 Å². The van der Waals surface area contributed by atoms with Crippen LogP contribution in [0, 0.1) is 5.92 Å². The van der Waals surface area contributed by atoms with Crippen LogP contribution >= 0.6 is 0 Å². The summed E-state index contributed by atoms with van der Waals surface area (Å²) in [4.78, 5) is 2.35. The van der Waals surface area contributed by atoms with E-state index in [9.17, 15) is 5.11 Å². The molecule has 0 heterocycles. The van der Waals surface area contributed by atoms with Crippen LogP contribution in [0.1, 0.15) is 34.1 Å². The summed E-state index contributed by atoms with van der Waals surface area (Å²) < 4.78 is 0. The second kappa shape index (κ2) is 10.9. The Morgan fingerprint density at radius 2 is 1.57 bits per heavy atom. The lowest BCUT2D eigenvalue weighted by molar-refractivity contribution is 0.0878. The molecule has 0 amide bonds. The Labute approximate surface area is 87.7 Å². The van der Waals surface area contributed by atoms with E-state index >= 15 is 0 Å². The topological polar surface area (TPSA) is 69.7 Å². The van der Waals surface area contributed by atoms with Crippen molar-refractivity contribution in [2.24, 2.45) is 11.8 Å². The second-order valence-corrected chi connectivity index (χ2v) is 3.44. The van der Waals surface area contributed by atoms with Crippen molar-refractivity contribution in [3.8, 4) is 0 Å². The number of nitrogens with two attached hydrogens (primary N) is 1. The van der Waals surface area contributed by atoms with E-state index in [0.717, 1.165) is 26.1 Å². The van der Waals surface area contributed by atoms with Crippen LogP contribution in [0.3, 0.4) is 0 Å². The van der Waals surface area contributed by atoms with Gasteiger partial charge < -0.3 is 15.2 Å². The molecular weight excluding hydrogens is 180 g/mol. The highest BCUT2D eigenvalue weighted by molar-refractivity contribution is 4.66. The molecule has 14 heavy (non-hydrogen) atoms. The second-order valence-electron chi connectivity index (χ2n) is 3.44. The average molecular weight is 206 g/mol. The lowest BCUT2D eigenvalue weighted by atomic mass is 10.0. The molecule has 2 atom stereocenters. The standard InChI is InChI=1S/C10H23NO.H3NO/c1-5-10(12)9(4)8-11(6-2)7-3;1-2/h9-10,12H,5-8H2,1-4H3;2H,1H2. The third-order valence-electron chi connectivity index (χ3n) is 2.52. The molecule has 4 N–H and O–H groups in total. The van der Waals surface area contributed by atoms with Gasteiger partial charge in [-0.3, -0.25) is 0 Å². The molecule has 0 radical (unpaired) electrons. The molecule has 0 aliphatic heterocycles. The summed E-state index contributed by atoms with van der Waals surface area (Å²) >= 11 is 0. The van der Waals surface area contributed by atoms with Crippen molar-refractivity contribution in [2.45, 2.75) is 40.2 Å². The van der Waals surface area contributed by atoms with Crippen LogP contribution in [0.2, 0.25) is 0 Å². The van der Waals surface area contributed by atoms with Crippen molar-refractivity contribution in [1.82, 2.24) is 4.90 Å². The molecule has 0 aromatic rings. The van der Waals surface area contributed by atoms with E-state index in [1.54, 1.807) is 0 Å². The van der Waals surface area contributed by atoms with Crippen molar-refractivity contribution < 1.29 is 10.3 Å². The van der Waals surface area contributed by atoms with Gasteiger partial charge in [-0.2, -0.15) is 0 Å². The largest absolute Gasteiger partial charge is 0.393 e. The van der Waals surface area contributed by atoms with Crippen molar-refractivity contribution in [3.05, 3.63) is 0 Å². The zero-order valence-electron chi connectivity index (χ0n) is 9.90. The maximum atomic E-state index is 9.54. The molecule has 0 aromatic carbocycles. The minimum atomic E-state index is -0.134. The number of hydrogen-bond acceptors (Lipinski definition) is 4. The van der Waals surface area contributed by atoms with Gasteiger partial charge in [-0.1, -0.05) is 27.7 Å². The number of hydrogen-bond donors (Lipinski definition) is 3. The molecule has 4 heteroatoms. The van der Waals surface area contributed by atoms with Crippen LogP contribution in [0.5, 0.6) is 0 Å². The summed E-state index contributed by atoms with van der Waals surface area (Å²) in [6, 6.07) is 0. The highest BCUT2D eigenvalue weighted by Gasteiger charge is 2.14. The van der Waals surface area contributed by atoms with Crippen LogP contribution in [-0.2, 0) is 0 Å². The van der Waals surface area contributed by atoms with Gasteiger partial charge >= 0.3 is 0 Å². The smallest absolute Gasteiger partial charge is 0.0575 e. The first-order valence-corrected chi connectivity index (χ1v) is 5.31. The lowest BCUT2D eigenvalue weighted by Crippen LogP contribution is -2.33. The normalized spacial score (nSPS) is 14.6. The lowest BCUT2D eigenvalue weighted by Gasteiger charge is -2.25. The van der Waals surface area contributed by atoms with E-state index in [1.165, 1.54) is 0 Å². The molecule has 0 aliphatic carbocycles. The number of aliphatic hydroxyl groups is 1. The van der Waals surface area contributed by atoms with E-state index in [2.05, 4.69) is 31.6 Å². The van der Waals surface area contributed by atoms with E-state index in [-0.39, 0.29) is 6.10 Å². The van der Waals surface area contributed by atoms with E-state index in [1.807, 2.05) is 6.92 Å². The quantitative estimate of drug-likeness (QED) is 0.569. The fourth-order valence-corrected chi connectivity index (χ4v) is 1.41. The average Bonchev–Trinajstić information content (AvgIpc) is 2.26.